The zero-order chi connectivity index (χ0) is 2.00. The van der Waals surface area contributed by atoms with E-state index in [4.69, 9.17) is 4.89 Å². The maximum absolute atomic E-state index is 6.92. The molecule has 0 aliphatic heterocycles. The van der Waals surface area contributed by atoms with Crippen molar-refractivity contribution < 1.29 is 4.89 Å². The van der Waals surface area contributed by atoms with Gasteiger partial charge < -0.3 is 4.89 Å². The molecule has 0 aromatic rings. The Morgan fingerprint density at radius 2 is 1.25 bits per heavy atom. The second-order valence-electron chi connectivity index (χ2n) is 0. The van der Waals surface area contributed by atoms with Gasteiger partial charge in [-0.3, -0.25) is 0 Å². The molecule has 0 rings (SSSR count). The summed E-state index contributed by atoms with van der Waals surface area (Å²) in [6, 6.07) is 0. The molecule has 1 unspecified atom stereocenters. The summed E-state index contributed by atoms with van der Waals surface area (Å²) in [5.74, 6) is 0. The van der Waals surface area contributed by atoms with Crippen molar-refractivity contribution >= 4 is 45.2 Å². The van der Waals surface area contributed by atoms with Gasteiger partial charge in [-0.15, -0.1) is 0 Å². The largest absolute Gasteiger partial charge is 0.380 e. The van der Waals surface area contributed by atoms with Gasteiger partial charge in [0.05, 0.1) is 0 Å². The molecule has 7 radical (unpaired) electrons. The Labute approximate surface area is 50.2 Å². The van der Waals surface area contributed by atoms with Gasteiger partial charge in [-0.2, -0.15) is 0 Å². The molecule has 0 aromatic heterocycles. The predicted octanol–water partition coefficient (Wildman–Crippen LogP) is -0.993. The zero-order valence-corrected chi connectivity index (χ0v) is 7.14. The molecular weight excluding hydrogens is 265 g/mol. The van der Waals surface area contributed by atoms with E-state index < -0.39 is 0 Å². The maximum atomic E-state index is 6.92. The fourth-order valence-electron chi connectivity index (χ4n) is 0. The van der Waals surface area contributed by atoms with Crippen LogP contribution in [0.15, 0.2) is 0 Å². The van der Waals surface area contributed by atoms with Crippen LogP contribution >= 0.6 is 9.47 Å². The molecule has 0 heterocycles. The zero-order valence-electron chi connectivity index (χ0n) is 2.10. The standard InChI is InChI=1S/B.H3OP.Pb/c;1-2;/h;1H,2H2;. The van der Waals surface area contributed by atoms with E-state index >= 15 is 0 Å². The Morgan fingerprint density at radius 3 is 1.25 bits per heavy atom. The summed E-state index contributed by atoms with van der Waals surface area (Å²) < 4.78 is 0. The first-order valence-corrected chi connectivity index (χ1v) is 0.775. The second-order valence-corrected chi connectivity index (χ2v) is 0. The summed E-state index contributed by atoms with van der Waals surface area (Å²) in [5.41, 5.74) is 0. The van der Waals surface area contributed by atoms with Crippen molar-refractivity contribution in [3.8, 4) is 0 Å². The summed E-state index contributed by atoms with van der Waals surface area (Å²) in [6.07, 6.45) is 0. The third kappa shape index (κ3) is 10.1. The predicted molar refractivity (Wildman–Crippen MR) is 23.4 cm³/mol. The Bertz CT molecular complexity index is 8.00. The molecular formula is H3BOPPb. The van der Waals surface area contributed by atoms with E-state index in [-0.39, 0.29) is 35.7 Å². The third-order valence-electron chi connectivity index (χ3n) is 0. The second kappa shape index (κ2) is 26.3. The average Bonchev–Trinajstić information content (AvgIpc) is 1.00. The average molecular weight is 268 g/mol. The van der Waals surface area contributed by atoms with E-state index in [1.807, 2.05) is 0 Å². The molecule has 1 atom stereocenters. The first-order chi connectivity index (χ1) is 1.00. The fraction of sp³-hybridized carbons (Fsp3) is 0. The van der Waals surface area contributed by atoms with Gasteiger partial charge in [-0.25, -0.2) is 0 Å². The van der Waals surface area contributed by atoms with Crippen molar-refractivity contribution in [3.05, 3.63) is 0 Å². The van der Waals surface area contributed by atoms with Gasteiger partial charge in [0.25, 0.3) is 0 Å². The minimum absolute atomic E-state index is 0. The van der Waals surface area contributed by atoms with Crippen molar-refractivity contribution in [2.45, 2.75) is 0 Å². The summed E-state index contributed by atoms with van der Waals surface area (Å²) in [5, 5.41) is 0. The maximum Gasteiger partial charge on any atom is 0 e. The van der Waals surface area contributed by atoms with Crippen LogP contribution in [-0.4, -0.2) is 40.6 Å². The normalized spacial score (nSPS) is 1.50. The monoisotopic (exact) mass is 269 g/mol. The van der Waals surface area contributed by atoms with Crippen LogP contribution in [0.1, 0.15) is 0 Å². The molecule has 0 bridgehead atoms. The molecule has 1 nitrogen and oxygen atoms in total. The van der Waals surface area contributed by atoms with Crippen molar-refractivity contribution in [2.75, 3.05) is 0 Å². The van der Waals surface area contributed by atoms with Crippen LogP contribution in [0, 0.1) is 0 Å². The van der Waals surface area contributed by atoms with Crippen LogP contribution in [0.5, 0.6) is 0 Å². The molecule has 0 amide bonds. The van der Waals surface area contributed by atoms with Crippen molar-refractivity contribution in [3.63, 3.8) is 0 Å². The van der Waals surface area contributed by atoms with Crippen molar-refractivity contribution in [1.82, 2.24) is 0 Å². The van der Waals surface area contributed by atoms with Gasteiger partial charge in [0, 0.05) is 35.7 Å². The van der Waals surface area contributed by atoms with E-state index in [1.165, 1.54) is 9.47 Å². The minimum atomic E-state index is 0. The summed E-state index contributed by atoms with van der Waals surface area (Å²) in [7, 11) is 1.42. The number of hydrogen-bond donors (Lipinski definition) is 1. The van der Waals surface area contributed by atoms with Crippen LogP contribution in [0.4, 0.5) is 0 Å². The van der Waals surface area contributed by atoms with Gasteiger partial charge in [-0.05, 0) is 9.47 Å². The number of rotatable bonds is 0. The van der Waals surface area contributed by atoms with E-state index in [0.29, 0.717) is 0 Å². The first-order valence-electron chi connectivity index (χ1n) is 0.258. The molecule has 0 saturated heterocycles. The minimum Gasteiger partial charge on any atom is -0.380 e. The summed E-state index contributed by atoms with van der Waals surface area (Å²) in [6.45, 7) is 0. The van der Waals surface area contributed by atoms with Crippen LogP contribution < -0.4 is 0 Å². The summed E-state index contributed by atoms with van der Waals surface area (Å²) in [4.78, 5) is 6.92. The molecule has 1 N–H and O–H groups in total. The molecule has 0 saturated carbocycles. The molecule has 0 aromatic carbocycles. The van der Waals surface area contributed by atoms with Crippen LogP contribution in [0.25, 0.3) is 0 Å². The molecule has 4 heteroatoms. The van der Waals surface area contributed by atoms with E-state index in [9.17, 15) is 0 Å². The van der Waals surface area contributed by atoms with E-state index in [0.717, 1.165) is 0 Å². The Balaban J connectivity index is -0.00000000500. The van der Waals surface area contributed by atoms with Gasteiger partial charge in [0.1, 0.15) is 0 Å². The van der Waals surface area contributed by atoms with Crippen molar-refractivity contribution in [2.24, 2.45) is 0 Å². The molecule has 21 valence electrons. The molecule has 0 spiro atoms. The summed E-state index contributed by atoms with van der Waals surface area (Å²) >= 11 is 0. The Kier molecular flexibility index (Phi) is 120. The topological polar surface area (TPSA) is 20.2 Å². The Morgan fingerprint density at radius 1 is 1.25 bits per heavy atom. The fourth-order valence-corrected chi connectivity index (χ4v) is 0. The SMILES string of the molecule is OP.[B].[Pb]. The molecule has 0 fully saturated rings. The van der Waals surface area contributed by atoms with E-state index in [1.54, 1.807) is 0 Å². The smallest absolute Gasteiger partial charge is 0 e. The van der Waals surface area contributed by atoms with Gasteiger partial charge in [-0.1, -0.05) is 0 Å². The third-order valence-corrected chi connectivity index (χ3v) is 0. The molecule has 0 aliphatic carbocycles. The van der Waals surface area contributed by atoms with Gasteiger partial charge in [0.2, 0.25) is 0 Å². The van der Waals surface area contributed by atoms with Crippen LogP contribution in [0.3, 0.4) is 0 Å². The van der Waals surface area contributed by atoms with Crippen LogP contribution in [0.2, 0.25) is 0 Å². The quantitative estimate of drug-likeness (QED) is 0.441. The van der Waals surface area contributed by atoms with Gasteiger partial charge in [0.15, 0.2) is 0 Å². The van der Waals surface area contributed by atoms with Crippen molar-refractivity contribution in [1.29, 1.82) is 0 Å². The van der Waals surface area contributed by atoms with Gasteiger partial charge >= 0.3 is 0 Å². The van der Waals surface area contributed by atoms with E-state index in [2.05, 4.69) is 0 Å². The first kappa shape index (κ1) is 18.2. The molecule has 0 aliphatic rings. The number of hydrogen-bond acceptors (Lipinski definition) is 1. The molecule has 4 heavy (non-hydrogen) atoms. The Hall–Kier alpha value is 1.38. The van der Waals surface area contributed by atoms with Crippen LogP contribution in [-0.2, 0) is 0 Å².